The van der Waals surface area contributed by atoms with Crippen molar-refractivity contribution in [2.24, 2.45) is 4.99 Å². The molecule has 19 heavy (non-hydrogen) atoms. The highest BCUT2D eigenvalue weighted by Gasteiger charge is 2.22. The summed E-state index contributed by atoms with van der Waals surface area (Å²) in [5.74, 6) is 0.783. The molecule has 2 aliphatic carbocycles. The Morgan fingerprint density at radius 1 is 1.26 bits per heavy atom. The van der Waals surface area contributed by atoms with E-state index in [4.69, 9.17) is 4.74 Å². The Balaban J connectivity index is 1.51. The number of nitrogens with zero attached hydrogens (tertiary/aromatic N) is 1. The first-order chi connectivity index (χ1) is 9.28. The molecule has 0 radical (unpaired) electrons. The molecule has 108 valence electrons. The van der Waals surface area contributed by atoms with Gasteiger partial charge in [0.05, 0.1) is 0 Å². The smallest absolute Gasteiger partial charge is 0.306 e. The summed E-state index contributed by atoms with van der Waals surface area (Å²) < 4.78 is 5.41. The molecule has 0 heterocycles. The number of carbonyl (C=O) groups excluding carboxylic acids is 1. The van der Waals surface area contributed by atoms with E-state index >= 15 is 0 Å². The van der Waals surface area contributed by atoms with Crippen molar-refractivity contribution in [1.82, 2.24) is 10.6 Å². The zero-order valence-electron chi connectivity index (χ0n) is 11.8. The molecule has 0 aromatic carbocycles. The summed E-state index contributed by atoms with van der Waals surface area (Å²) in [7, 11) is 1.77. The van der Waals surface area contributed by atoms with Crippen molar-refractivity contribution in [3.63, 3.8) is 0 Å². The van der Waals surface area contributed by atoms with Crippen LogP contribution in [0.2, 0.25) is 0 Å². The van der Waals surface area contributed by atoms with Crippen molar-refractivity contribution in [3.8, 4) is 0 Å². The predicted octanol–water partition coefficient (Wildman–Crippen LogP) is 1.58. The molecule has 2 N–H and O–H groups in total. The van der Waals surface area contributed by atoms with Crippen molar-refractivity contribution in [2.75, 3.05) is 13.6 Å². The first-order valence-electron chi connectivity index (χ1n) is 7.44. The number of guanidine groups is 1. The van der Waals surface area contributed by atoms with Gasteiger partial charge in [-0.2, -0.15) is 0 Å². The second-order valence-electron chi connectivity index (χ2n) is 5.42. The Bertz CT molecular complexity index is 321. The average molecular weight is 267 g/mol. The fourth-order valence-corrected chi connectivity index (χ4v) is 2.31. The zero-order valence-corrected chi connectivity index (χ0v) is 11.8. The molecule has 0 saturated heterocycles. The Kier molecular flexibility index (Phi) is 5.48. The summed E-state index contributed by atoms with van der Waals surface area (Å²) in [5, 5.41) is 6.53. The molecular formula is C14H25N3O2. The average Bonchev–Trinajstić information content (AvgIpc) is 3.08. The van der Waals surface area contributed by atoms with E-state index in [2.05, 4.69) is 15.6 Å². The number of aliphatic imine (C=N–C) groups is 1. The normalized spacial score (nSPS) is 20.4. The number of esters is 1. The van der Waals surface area contributed by atoms with Gasteiger partial charge in [0.1, 0.15) is 6.10 Å². The molecule has 2 aliphatic rings. The monoisotopic (exact) mass is 267 g/mol. The lowest BCUT2D eigenvalue weighted by molar-refractivity contribution is -0.148. The van der Waals surface area contributed by atoms with E-state index in [0.717, 1.165) is 31.8 Å². The van der Waals surface area contributed by atoms with Gasteiger partial charge in [-0.05, 0) is 44.9 Å². The molecule has 0 amide bonds. The van der Waals surface area contributed by atoms with Gasteiger partial charge < -0.3 is 15.4 Å². The van der Waals surface area contributed by atoms with Crippen LogP contribution in [0.15, 0.2) is 4.99 Å². The third-order valence-electron chi connectivity index (χ3n) is 3.59. The van der Waals surface area contributed by atoms with Crippen LogP contribution in [0, 0.1) is 0 Å². The molecule has 0 spiro atoms. The van der Waals surface area contributed by atoms with Crippen molar-refractivity contribution in [1.29, 1.82) is 0 Å². The van der Waals surface area contributed by atoms with Crippen LogP contribution in [-0.2, 0) is 9.53 Å². The summed E-state index contributed by atoms with van der Waals surface area (Å²) in [6, 6.07) is 0.596. The number of hydrogen-bond acceptors (Lipinski definition) is 3. The van der Waals surface area contributed by atoms with E-state index < -0.39 is 0 Å². The largest absolute Gasteiger partial charge is 0.462 e. The van der Waals surface area contributed by atoms with Crippen LogP contribution in [0.3, 0.4) is 0 Å². The molecule has 2 fully saturated rings. The lowest BCUT2D eigenvalue weighted by atomic mass is 10.3. The molecule has 5 nitrogen and oxygen atoms in total. The quantitative estimate of drug-likeness (QED) is 0.332. The Labute approximate surface area is 115 Å². The highest BCUT2D eigenvalue weighted by molar-refractivity contribution is 5.80. The molecule has 0 aromatic rings. The standard InChI is InChI=1S/C14H25N3O2/c1-15-14(17-11-8-9-11)16-10-4-7-13(18)19-12-5-2-3-6-12/h11-12H,2-10H2,1H3,(H2,15,16,17). The highest BCUT2D eigenvalue weighted by Crippen LogP contribution is 2.21. The van der Waals surface area contributed by atoms with Crippen molar-refractivity contribution < 1.29 is 9.53 Å². The van der Waals surface area contributed by atoms with E-state index in [1.807, 2.05) is 0 Å². The van der Waals surface area contributed by atoms with Crippen LogP contribution in [0.4, 0.5) is 0 Å². The second kappa shape index (κ2) is 7.36. The molecule has 0 unspecified atom stereocenters. The van der Waals surface area contributed by atoms with Crippen LogP contribution >= 0.6 is 0 Å². The third kappa shape index (κ3) is 5.49. The molecular weight excluding hydrogens is 242 g/mol. The number of hydrogen-bond donors (Lipinski definition) is 2. The van der Waals surface area contributed by atoms with E-state index in [0.29, 0.717) is 12.5 Å². The van der Waals surface area contributed by atoms with Crippen LogP contribution in [0.5, 0.6) is 0 Å². The van der Waals surface area contributed by atoms with Gasteiger partial charge >= 0.3 is 5.97 Å². The maximum Gasteiger partial charge on any atom is 0.306 e. The van der Waals surface area contributed by atoms with Crippen LogP contribution in [0.25, 0.3) is 0 Å². The summed E-state index contributed by atoms with van der Waals surface area (Å²) in [6.07, 6.45) is 8.41. The van der Waals surface area contributed by atoms with Gasteiger partial charge in [0.2, 0.25) is 0 Å². The van der Waals surface area contributed by atoms with Crippen molar-refractivity contribution in [3.05, 3.63) is 0 Å². The number of rotatable bonds is 6. The molecule has 0 atom stereocenters. The molecule has 0 bridgehead atoms. The van der Waals surface area contributed by atoms with Crippen LogP contribution in [-0.4, -0.2) is 37.7 Å². The second-order valence-corrected chi connectivity index (χ2v) is 5.42. The molecule has 2 saturated carbocycles. The first kappa shape index (κ1) is 14.2. The molecule has 0 aliphatic heterocycles. The van der Waals surface area contributed by atoms with Crippen molar-refractivity contribution >= 4 is 11.9 Å². The van der Waals surface area contributed by atoms with E-state index in [-0.39, 0.29) is 12.1 Å². The molecule has 2 rings (SSSR count). The molecule has 0 aromatic heterocycles. The van der Waals surface area contributed by atoms with Gasteiger partial charge in [0.15, 0.2) is 5.96 Å². The van der Waals surface area contributed by atoms with Crippen LogP contribution < -0.4 is 10.6 Å². The third-order valence-corrected chi connectivity index (χ3v) is 3.59. The van der Waals surface area contributed by atoms with Gasteiger partial charge in [-0.25, -0.2) is 0 Å². The maximum atomic E-state index is 11.6. The lowest BCUT2D eigenvalue weighted by Crippen LogP contribution is -2.39. The zero-order chi connectivity index (χ0) is 13.5. The van der Waals surface area contributed by atoms with Crippen molar-refractivity contribution in [2.45, 2.75) is 63.5 Å². The number of carbonyl (C=O) groups is 1. The minimum atomic E-state index is -0.0566. The molecule has 5 heteroatoms. The number of ether oxygens (including phenoxy) is 1. The van der Waals surface area contributed by atoms with Gasteiger partial charge in [-0.3, -0.25) is 9.79 Å². The van der Waals surface area contributed by atoms with E-state index in [9.17, 15) is 4.79 Å². The fourth-order valence-electron chi connectivity index (χ4n) is 2.31. The topological polar surface area (TPSA) is 62.7 Å². The highest BCUT2D eigenvalue weighted by atomic mass is 16.5. The number of nitrogens with one attached hydrogen (secondary N) is 2. The summed E-state index contributed by atoms with van der Waals surface area (Å²) in [5.41, 5.74) is 0. The van der Waals surface area contributed by atoms with Gasteiger partial charge in [0, 0.05) is 26.1 Å². The summed E-state index contributed by atoms with van der Waals surface area (Å²) in [4.78, 5) is 15.8. The summed E-state index contributed by atoms with van der Waals surface area (Å²) in [6.45, 7) is 0.756. The fraction of sp³-hybridized carbons (Fsp3) is 0.857. The van der Waals surface area contributed by atoms with Crippen LogP contribution in [0.1, 0.15) is 51.4 Å². The maximum absolute atomic E-state index is 11.6. The Morgan fingerprint density at radius 2 is 2.00 bits per heavy atom. The van der Waals surface area contributed by atoms with E-state index in [1.165, 1.54) is 25.7 Å². The van der Waals surface area contributed by atoms with Gasteiger partial charge in [-0.1, -0.05) is 0 Å². The first-order valence-corrected chi connectivity index (χ1v) is 7.44. The summed E-state index contributed by atoms with van der Waals surface area (Å²) >= 11 is 0. The van der Waals surface area contributed by atoms with Gasteiger partial charge in [-0.15, -0.1) is 0 Å². The van der Waals surface area contributed by atoms with Gasteiger partial charge in [0.25, 0.3) is 0 Å². The minimum absolute atomic E-state index is 0.0566. The Morgan fingerprint density at radius 3 is 2.63 bits per heavy atom. The van der Waals surface area contributed by atoms with E-state index in [1.54, 1.807) is 7.05 Å². The Hall–Kier alpha value is -1.26. The minimum Gasteiger partial charge on any atom is -0.462 e. The predicted molar refractivity (Wildman–Crippen MR) is 75.1 cm³/mol. The SMILES string of the molecule is CN=C(NCCCC(=O)OC1CCCC1)NC1CC1. The lowest BCUT2D eigenvalue weighted by Gasteiger charge is -2.12.